The second-order valence-corrected chi connectivity index (χ2v) is 14.7. The van der Waals surface area contributed by atoms with Crippen LogP contribution in [0.2, 0.25) is 5.02 Å². The molecule has 0 bridgehead atoms. The third-order valence-electron chi connectivity index (χ3n) is 10.8. The van der Waals surface area contributed by atoms with Gasteiger partial charge in [-0.2, -0.15) is 10.4 Å². The van der Waals surface area contributed by atoms with E-state index in [1.54, 1.807) is 18.2 Å². The van der Waals surface area contributed by atoms with Crippen LogP contribution >= 0.6 is 11.6 Å². The van der Waals surface area contributed by atoms with E-state index in [0.29, 0.717) is 61.6 Å². The lowest BCUT2D eigenvalue weighted by Crippen LogP contribution is -2.52. The zero-order valence-electron chi connectivity index (χ0n) is 31.0. The largest absolute Gasteiger partial charge is 0.368 e. The molecule has 4 heterocycles. The van der Waals surface area contributed by atoms with Crippen LogP contribution in [0.1, 0.15) is 82.4 Å². The highest BCUT2D eigenvalue weighted by atomic mass is 35.5. The number of rotatable bonds is 9. The maximum absolute atomic E-state index is 13.0. The number of nitrogens with zero attached hydrogens (tertiary/aromatic N) is 6. The monoisotopic (exact) mass is 755 g/mol. The number of aromatic nitrogens is 2. The first-order valence-electron chi connectivity index (χ1n) is 18.7. The molecule has 0 spiro atoms. The first-order chi connectivity index (χ1) is 26.6. The number of halogens is 1. The quantitative estimate of drug-likeness (QED) is 0.131. The van der Waals surface area contributed by atoms with Crippen LogP contribution in [0.25, 0.3) is 11.3 Å². The minimum atomic E-state index is -0.634. The molecule has 4 amide bonds. The Morgan fingerprint density at radius 1 is 0.982 bits per heavy atom. The standard InChI is InChI=1S/C43H42ClN7O4/c1-28-29(2)51(47-41(28)32-12-13-33(25-45)37(44)24-32)26-31-9-14-35(15-10-31)48-19-21-49(22-20-48)40(53)8-6-4-3-5-7-30-11-16-36-34(23-30)27-50(43(36)55)38-17-18-39(52)46-42(38)54/h9-16,23-24,38H,3-4,6,8,17-22,26-27H2,1-2H3,(H,46,52,54). The van der Waals surface area contributed by atoms with Gasteiger partial charge in [0.15, 0.2) is 0 Å². The van der Waals surface area contributed by atoms with Crippen LogP contribution in [0.5, 0.6) is 0 Å². The van der Waals surface area contributed by atoms with Crippen LogP contribution in [0.3, 0.4) is 0 Å². The number of benzene rings is 3. The molecule has 1 aromatic heterocycles. The van der Waals surface area contributed by atoms with Crippen molar-refractivity contribution in [2.75, 3.05) is 31.1 Å². The summed E-state index contributed by atoms with van der Waals surface area (Å²) < 4.78 is 2.00. The van der Waals surface area contributed by atoms with Crippen LogP contribution < -0.4 is 10.2 Å². The molecule has 4 aromatic rings. The first-order valence-corrected chi connectivity index (χ1v) is 19.1. The summed E-state index contributed by atoms with van der Waals surface area (Å²) in [5.74, 6) is 5.65. The molecule has 12 heteroatoms. The van der Waals surface area contributed by atoms with Gasteiger partial charge in [-0.3, -0.25) is 29.2 Å². The summed E-state index contributed by atoms with van der Waals surface area (Å²) in [6, 6.07) is 20.9. The number of nitriles is 1. The average molecular weight is 756 g/mol. The predicted molar refractivity (Wildman–Crippen MR) is 209 cm³/mol. The highest BCUT2D eigenvalue weighted by Crippen LogP contribution is 2.30. The minimum absolute atomic E-state index is 0.180. The molecule has 1 unspecified atom stereocenters. The van der Waals surface area contributed by atoms with E-state index in [0.717, 1.165) is 70.8 Å². The van der Waals surface area contributed by atoms with Gasteiger partial charge in [0.25, 0.3) is 5.91 Å². The third-order valence-corrected chi connectivity index (χ3v) is 11.1. The van der Waals surface area contributed by atoms with Crippen molar-refractivity contribution in [3.05, 3.63) is 105 Å². The number of anilines is 1. The summed E-state index contributed by atoms with van der Waals surface area (Å²) >= 11 is 6.29. The molecule has 0 saturated carbocycles. The molecule has 7 rings (SSSR count). The van der Waals surface area contributed by atoms with E-state index in [-0.39, 0.29) is 24.1 Å². The fourth-order valence-electron chi connectivity index (χ4n) is 7.48. The lowest BCUT2D eigenvalue weighted by molar-refractivity contribution is -0.137. The number of unbranched alkanes of at least 4 members (excludes halogenated alkanes) is 2. The molecule has 11 nitrogen and oxygen atoms in total. The fourth-order valence-corrected chi connectivity index (χ4v) is 7.70. The SMILES string of the molecule is Cc1c(-c2ccc(C#N)c(Cl)c2)nn(Cc2ccc(N3CCN(C(=O)CCCCC#Cc4ccc5c(c4)CN(C4CCC(=O)NC4=O)C5=O)CC3)cc2)c1C. The second-order valence-electron chi connectivity index (χ2n) is 14.3. The van der Waals surface area contributed by atoms with Gasteiger partial charge in [0.2, 0.25) is 17.7 Å². The Hall–Kier alpha value is -5.91. The lowest BCUT2D eigenvalue weighted by Gasteiger charge is -2.36. The number of imide groups is 1. The summed E-state index contributed by atoms with van der Waals surface area (Å²) in [5.41, 5.74) is 8.83. The normalized spacial score (nSPS) is 16.7. The summed E-state index contributed by atoms with van der Waals surface area (Å²) in [5, 5.41) is 16.9. The molecule has 0 aliphatic carbocycles. The summed E-state index contributed by atoms with van der Waals surface area (Å²) in [6.45, 7) is 8.01. The molecule has 280 valence electrons. The number of fused-ring (bicyclic) bond motifs is 1. The van der Waals surface area contributed by atoms with E-state index in [4.69, 9.17) is 16.7 Å². The Bertz CT molecular complexity index is 2270. The summed E-state index contributed by atoms with van der Waals surface area (Å²) in [4.78, 5) is 55.6. The molecular weight excluding hydrogens is 714 g/mol. The number of piperidine rings is 1. The van der Waals surface area contributed by atoms with Crippen molar-refractivity contribution < 1.29 is 19.2 Å². The zero-order valence-corrected chi connectivity index (χ0v) is 31.8. The molecule has 0 radical (unpaired) electrons. The van der Waals surface area contributed by atoms with Crippen molar-refractivity contribution in [1.29, 1.82) is 5.26 Å². The molecule has 1 atom stereocenters. The van der Waals surface area contributed by atoms with E-state index in [9.17, 15) is 24.4 Å². The maximum Gasteiger partial charge on any atom is 0.255 e. The van der Waals surface area contributed by atoms with Gasteiger partial charge >= 0.3 is 0 Å². The topological polar surface area (TPSA) is 132 Å². The van der Waals surface area contributed by atoms with Crippen LogP contribution in [-0.4, -0.2) is 75.4 Å². The molecule has 3 aliphatic rings. The molecule has 2 fully saturated rings. The van der Waals surface area contributed by atoms with E-state index in [1.165, 1.54) is 4.90 Å². The van der Waals surface area contributed by atoms with Gasteiger partial charge in [-0.1, -0.05) is 41.6 Å². The van der Waals surface area contributed by atoms with Crippen LogP contribution in [0, 0.1) is 37.0 Å². The van der Waals surface area contributed by atoms with Gasteiger partial charge in [0.1, 0.15) is 12.1 Å². The molecule has 55 heavy (non-hydrogen) atoms. The maximum atomic E-state index is 13.0. The number of amides is 4. The molecule has 3 aromatic carbocycles. The van der Waals surface area contributed by atoms with Gasteiger partial charge in [-0.25, -0.2) is 0 Å². The molecule has 3 aliphatic heterocycles. The van der Waals surface area contributed by atoms with Crippen LogP contribution in [-0.2, 0) is 27.5 Å². The van der Waals surface area contributed by atoms with Crippen LogP contribution in [0.15, 0.2) is 60.7 Å². The highest BCUT2D eigenvalue weighted by molar-refractivity contribution is 6.32. The first kappa shape index (κ1) is 37.4. The number of hydrogen-bond acceptors (Lipinski definition) is 7. The van der Waals surface area contributed by atoms with Gasteiger partial charge in [-0.05, 0) is 92.3 Å². The minimum Gasteiger partial charge on any atom is -0.368 e. The predicted octanol–water partition coefficient (Wildman–Crippen LogP) is 5.76. The molecule has 1 N–H and O–H groups in total. The number of carbonyl (C=O) groups excluding carboxylic acids is 4. The smallest absolute Gasteiger partial charge is 0.255 e. The Labute approximate surface area is 325 Å². The van der Waals surface area contributed by atoms with Gasteiger partial charge in [0, 0.05) is 80.1 Å². The lowest BCUT2D eigenvalue weighted by atomic mass is 10.0. The number of hydrogen-bond donors (Lipinski definition) is 1. The molecule has 2 saturated heterocycles. The number of nitrogens with one attached hydrogen (secondary N) is 1. The Balaban J connectivity index is 0.834. The van der Waals surface area contributed by atoms with Crippen molar-refractivity contribution >= 4 is 40.9 Å². The van der Waals surface area contributed by atoms with Crippen molar-refractivity contribution in [2.24, 2.45) is 0 Å². The number of piperazine rings is 1. The van der Waals surface area contributed by atoms with Gasteiger partial charge in [-0.15, -0.1) is 0 Å². The third kappa shape index (κ3) is 8.13. The van der Waals surface area contributed by atoms with Crippen molar-refractivity contribution in [3.8, 4) is 29.2 Å². The Morgan fingerprint density at radius 3 is 2.49 bits per heavy atom. The van der Waals surface area contributed by atoms with Crippen molar-refractivity contribution in [3.63, 3.8) is 0 Å². The summed E-state index contributed by atoms with van der Waals surface area (Å²) in [6.07, 6.45) is 3.32. The number of carbonyl (C=O) groups is 4. The van der Waals surface area contributed by atoms with E-state index in [2.05, 4.69) is 66.2 Å². The second kappa shape index (κ2) is 16.2. The van der Waals surface area contributed by atoms with Crippen molar-refractivity contribution in [1.82, 2.24) is 24.9 Å². The van der Waals surface area contributed by atoms with E-state index < -0.39 is 11.9 Å². The van der Waals surface area contributed by atoms with Gasteiger partial charge < -0.3 is 14.7 Å². The Morgan fingerprint density at radius 2 is 1.76 bits per heavy atom. The van der Waals surface area contributed by atoms with E-state index in [1.807, 2.05) is 27.8 Å². The molecular formula is C43H42ClN7O4. The average Bonchev–Trinajstić information content (AvgIpc) is 3.66. The summed E-state index contributed by atoms with van der Waals surface area (Å²) in [7, 11) is 0. The van der Waals surface area contributed by atoms with Crippen LogP contribution in [0.4, 0.5) is 5.69 Å². The van der Waals surface area contributed by atoms with E-state index >= 15 is 0 Å². The van der Waals surface area contributed by atoms with Crippen molar-refractivity contribution in [2.45, 2.75) is 71.5 Å². The highest BCUT2D eigenvalue weighted by Gasteiger charge is 2.39. The Kier molecular flexibility index (Phi) is 11.0. The fraction of sp³-hybridized carbons (Fsp3) is 0.349. The van der Waals surface area contributed by atoms with Gasteiger partial charge in [0.05, 0.1) is 22.8 Å². The zero-order chi connectivity index (χ0) is 38.6.